The Balaban J connectivity index is 1.87. The Hall–Kier alpha value is -1.74. The van der Waals surface area contributed by atoms with E-state index >= 15 is 0 Å². The van der Waals surface area contributed by atoms with E-state index < -0.39 is 0 Å². The van der Waals surface area contributed by atoms with E-state index in [1.165, 1.54) is 11.1 Å². The molecule has 1 N–H and O–H groups in total. The molecule has 0 unspecified atom stereocenters. The zero-order chi connectivity index (χ0) is 14.4. The minimum Gasteiger partial charge on any atom is -0.325 e. The average molecular weight is 285 g/mol. The van der Waals surface area contributed by atoms with Crippen LogP contribution >= 0.6 is 11.8 Å². The molecule has 1 amide bonds. The summed E-state index contributed by atoms with van der Waals surface area (Å²) in [4.78, 5) is 12.1. The Morgan fingerprint density at radius 2 is 1.75 bits per heavy atom. The lowest BCUT2D eigenvalue weighted by molar-refractivity contribution is -0.115. The van der Waals surface area contributed by atoms with Crippen molar-refractivity contribution >= 4 is 23.4 Å². The number of amides is 1. The number of para-hydroxylation sites is 1. The van der Waals surface area contributed by atoms with Crippen molar-refractivity contribution in [1.29, 1.82) is 0 Å². The maximum atomic E-state index is 12.1. The summed E-state index contributed by atoms with van der Waals surface area (Å²) < 4.78 is 0. The molecule has 0 heterocycles. The van der Waals surface area contributed by atoms with Gasteiger partial charge in [-0.3, -0.25) is 4.79 Å². The number of carbonyl (C=O) groups is 1. The Kier molecular flexibility index (Phi) is 5.24. The normalized spacial score (nSPS) is 11.9. The fourth-order valence-corrected chi connectivity index (χ4v) is 2.79. The molecule has 0 aromatic heterocycles. The third-order valence-corrected chi connectivity index (χ3v) is 4.35. The van der Waals surface area contributed by atoms with E-state index in [1.807, 2.05) is 49.4 Å². The summed E-state index contributed by atoms with van der Waals surface area (Å²) >= 11 is 1.66. The van der Waals surface area contributed by atoms with Crippen LogP contribution in [-0.2, 0) is 10.5 Å². The second kappa shape index (κ2) is 7.15. The molecule has 0 saturated carbocycles. The quantitative estimate of drug-likeness (QED) is 0.889. The van der Waals surface area contributed by atoms with Gasteiger partial charge in [-0.2, -0.15) is 0 Å². The summed E-state index contributed by atoms with van der Waals surface area (Å²) in [6.45, 7) is 4.05. The van der Waals surface area contributed by atoms with Gasteiger partial charge in [0.1, 0.15) is 0 Å². The Labute approximate surface area is 124 Å². The molecule has 0 fully saturated rings. The molecule has 20 heavy (non-hydrogen) atoms. The third-order valence-electron chi connectivity index (χ3n) is 3.16. The molecule has 0 radical (unpaired) electrons. The van der Waals surface area contributed by atoms with Gasteiger partial charge in [-0.1, -0.05) is 42.5 Å². The zero-order valence-electron chi connectivity index (χ0n) is 11.8. The van der Waals surface area contributed by atoms with Crippen molar-refractivity contribution in [2.45, 2.75) is 24.9 Å². The van der Waals surface area contributed by atoms with Crippen molar-refractivity contribution in [1.82, 2.24) is 0 Å². The number of nitrogens with one attached hydrogen (secondary N) is 1. The van der Waals surface area contributed by atoms with Crippen LogP contribution in [0.4, 0.5) is 5.69 Å². The number of hydrogen-bond acceptors (Lipinski definition) is 2. The van der Waals surface area contributed by atoms with Gasteiger partial charge in [-0.15, -0.1) is 11.8 Å². The number of thioether (sulfide) groups is 1. The molecule has 2 aromatic carbocycles. The second-order valence-corrected chi connectivity index (χ2v) is 6.06. The minimum atomic E-state index is -0.0742. The van der Waals surface area contributed by atoms with E-state index in [1.54, 1.807) is 11.8 Å². The maximum absolute atomic E-state index is 12.1. The lowest BCUT2D eigenvalue weighted by Gasteiger charge is -2.13. The van der Waals surface area contributed by atoms with Gasteiger partial charge in [0, 0.05) is 11.4 Å². The monoisotopic (exact) mass is 285 g/mol. The molecule has 2 aromatic rings. The number of benzene rings is 2. The van der Waals surface area contributed by atoms with Crippen LogP contribution < -0.4 is 5.32 Å². The fraction of sp³-hybridized carbons (Fsp3) is 0.235. The zero-order valence-corrected chi connectivity index (χ0v) is 12.6. The summed E-state index contributed by atoms with van der Waals surface area (Å²) in [5.41, 5.74) is 3.41. The largest absolute Gasteiger partial charge is 0.325 e. The molecule has 0 saturated heterocycles. The van der Waals surface area contributed by atoms with Crippen molar-refractivity contribution < 1.29 is 4.79 Å². The first kappa shape index (κ1) is 14.7. The van der Waals surface area contributed by atoms with Crippen LogP contribution in [-0.4, -0.2) is 11.2 Å². The molecule has 0 bridgehead atoms. The van der Waals surface area contributed by atoms with Crippen molar-refractivity contribution in [2.24, 2.45) is 0 Å². The highest BCUT2D eigenvalue weighted by atomic mass is 32.2. The van der Waals surface area contributed by atoms with E-state index in [0.717, 1.165) is 11.4 Å². The Bertz CT molecular complexity index is 568. The topological polar surface area (TPSA) is 29.1 Å². The van der Waals surface area contributed by atoms with E-state index in [4.69, 9.17) is 0 Å². The van der Waals surface area contributed by atoms with E-state index in [0.29, 0.717) is 0 Å². The number of aryl methyl sites for hydroxylation is 1. The molecule has 0 aliphatic carbocycles. The molecular weight excluding hydrogens is 266 g/mol. The van der Waals surface area contributed by atoms with E-state index in [2.05, 4.69) is 24.4 Å². The van der Waals surface area contributed by atoms with Gasteiger partial charge in [0.25, 0.3) is 0 Å². The first-order chi connectivity index (χ1) is 9.66. The van der Waals surface area contributed by atoms with Gasteiger partial charge in [0.2, 0.25) is 5.91 Å². The maximum Gasteiger partial charge on any atom is 0.237 e. The third kappa shape index (κ3) is 4.14. The predicted octanol–water partition coefficient (Wildman–Crippen LogP) is 4.26. The van der Waals surface area contributed by atoms with Gasteiger partial charge >= 0.3 is 0 Å². The standard InChI is InChI=1S/C17H19NOS/c1-13-8-6-7-9-15(13)12-20-14(2)17(19)18-16-10-4-3-5-11-16/h3-11,14H,12H2,1-2H3,(H,18,19)/t14-/m1/s1. The SMILES string of the molecule is Cc1ccccc1CS[C@H](C)C(=O)Nc1ccccc1. The number of hydrogen-bond donors (Lipinski definition) is 1. The minimum absolute atomic E-state index is 0.0507. The summed E-state index contributed by atoms with van der Waals surface area (Å²) in [6.07, 6.45) is 0. The highest BCUT2D eigenvalue weighted by molar-refractivity contribution is 7.99. The first-order valence-electron chi connectivity index (χ1n) is 6.69. The predicted molar refractivity (Wildman–Crippen MR) is 87.0 cm³/mol. The summed E-state index contributed by atoms with van der Waals surface area (Å²) in [6, 6.07) is 17.9. The van der Waals surface area contributed by atoms with Crippen molar-refractivity contribution in [3.63, 3.8) is 0 Å². The van der Waals surface area contributed by atoms with E-state index in [-0.39, 0.29) is 11.2 Å². The second-order valence-electron chi connectivity index (χ2n) is 4.73. The summed E-state index contributed by atoms with van der Waals surface area (Å²) in [7, 11) is 0. The molecular formula is C17H19NOS. The molecule has 0 aliphatic rings. The van der Waals surface area contributed by atoms with Crippen molar-refractivity contribution in [3.05, 3.63) is 65.7 Å². The number of carbonyl (C=O) groups excluding carboxylic acids is 1. The van der Waals surface area contributed by atoms with Gasteiger partial charge in [-0.25, -0.2) is 0 Å². The number of rotatable bonds is 5. The molecule has 3 heteroatoms. The Morgan fingerprint density at radius 3 is 2.45 bits per heavy atom. The van der Waals surface area contributed by atoms with Crippen LogP contribution in [0.5, 0.6) is 0 Å². The lowest BCUT2D eigenvalue weighted by Crippen LogP contribution is -2.22. The highest BCUT2D eigenvalue weighted by Gasteiger charge is 2.13. The summed E-state index contributed by atoms with van der Waals surface area (Å²) in [5, 5.41) is 2.86. The molecule has 2 rings (SSSR count). The fourth-order valence-electron chi connectivity index (χ4n) is 1.83. The van der Waals surface area contributed by atoms with Crippen LogP contribution in [0.2, 0.25) is 0 Å². The average Bonchev–Trinajstić information content (AvgIpc) is 2.47. The van der Waals surface area contributed by atoms with Crippen LogP contribution in [0, 0.1) is 6.92 Å². The smallest absolute Gasteiger partial charge is 0.237 e. The van der Waals surface area contributed by atoms with Crippen molar-refractivity contribution in [3.8, 4) is 0 Å². The lowest BCUT2D eigenvalue weighted by atomic mass is 10.1. The molecule has 1 atom stereocenters. The van der Waals surface area contributed by atoms with Crippen molar-refractivity contribution in [2.75, 3.05) is 5.32 Å². The summed E-state index contributed by atoms with van der Waals surface area (Å²) in [5.74, 6) is 0.908. The Morgan fingerprint density at radius 1 is 1.10 bits per heavy atom. The molecule has 0 spiro atoms. The first-order valence-corrected chi connectivity index (χ1v) is 7.73. The highest BCUT2D eigenvalue weighted by Crippen LogP contribution is 2.21. The molecule has 0 aliphatic heterocycles. The van der Waals surface area contributed by atoms with Crippen LogP contribution in [0.25, 0.3) is 0 Å². The van der Waals surface area contributed by atoms with E-state index in [9.17, 15) is 4.79 Å². The van der Waals surface area contributed by atoms with Crippen LogP contribution in [0.1, 0.15) is 18.1 Å². The van der Waals surface area contributed by atoms with Gasteiger partial charge < -0.3 is 5.32 Å². The van der Waals surface area contributed by atoms with Gasteiger partial charge in [0.05, 0.1) is 5.25 Å². The number of anilines is 1. The molecule has 104 valence electrons. The molecule has 2 nitrogen and oxygen atoms in total. The van der Waals surface area contributed by atoms with Gasteiger partial charge in [0.15, 0.2) is 0 Å². The van der Waals surface area contributed by atoms with Crippen LogP contribution in [0.3, 0.4) is 0 Å². The van der Waals surface area contributed by atoms with Crippen LogP contribution in [0.15, 0.2) is 54.6 Å². The van der Waals surface area contributed by atoms with Gasteiger partial charge in [-0.05, 0) is 37.1 Å².